The highest BCUT2D eigenvalue weighted by Gasteiger charge is 2.04. The predicted octanol–water partition coefficient (Wildman–Crippen LogP) is 2.61. The molecule has 1 heteroatoms. The smallest absolute Gasteiger partial charge is 0.0444 e. The van der Waals surface area contributed by atoms with Crippen molar-refractivity contribution in [1.82, 2.24) is 5.32 Å². The molecule has 1 aliphatic rings. The van der Waals surface area contributed by atoms with Gasteiger partial charge in [-0.3, -0.25) is 0 Å². The number of hydrogen-bond acceptors (Lipinski definition) is 1. The van der Waals surface area contributed by atoms with Crippen molar-refractivity contribution in [2.45, 2.75) is 39.2 Å². The van der Waals surface area contributed by atoms with Gasteiger partial charge in [0.25, 0.3) is 0 Å². The molecule has 1 unspecified atom stereocenters. The molecule has 0 amide bonds. The summed E-state index contributed by atoms with van der Waals surface area (Å²) in [4.78, 5) is 0. The van der Waals surface area contributed by atoms with Crippen LogP contribution in [0.4, 0.5) is 0 Å². The quantitative estimate of drug-likeness (QED) is 0.653. The van der Waals surface area contributed by atoms with E-state index in [1.54, 1.807) is 0 Å². The van der Waals surface area contributed by atoms with Crippen molar-refractivity contribution in [3.8, 4) is 0 Å². The minimum absolute atomic E-state index is 0.583. The van der Waals surface area contributed by atoms with Crippen molar-refractivity contribution < 1.29 is 0 Å². The topological polar surface area (TPSA) is 12.0 Å². The molecule has 0 spiro atoms. The van der Waals surface area contributed by atoms with Crippen molar-refractivity contribution >= 4 is 0 Å². The Kier molecular flexibility index (Phi) is 3.21. The van der Waals surface area contributed by atoms with Crippen LogP contribution in [0.5, 0.6) is 0 Å². The van der Waals surface area contributed by atoms with Crippen molar-refractivity contribution in [2.24, 2.45) is 0 Å². The molecule has 0 radical (unpaired) electrons. The Hall–Kier alpha value is -0.720. The lowest BCUT2D eigenvalue weighted by Crippen LogP contribution is -2.27. The Balaban J connectivity index is 2.28. The SMILES string of the molecule is CCCCC1C=CC=C(C)N1. The molecule has 11 heavy (non-hydrogen) atoms. The average Bonchev–Trinajstić information content (AvgIpc) is 2.01. The molecule has 1 heterocycles. The zero-order valence-electron chi connectivity index (χ0n) is 7.43. The normalized spacial score (nSPS) is 22.7. The maximum atomic E-state index is 3.43. The molecule has 0 saturated carbocycles. The predicted molar refractivity (Wildman–Crippen MR) is 49.3 cm³/mol. The first-order valence-corrected chi connectivity index (χ1v) is 4.44. The fraction of sp³-hybridized carbons (Fsp3) is 0.600. The Morgan fingerprint density at radius 2 is 2.36 bits per heavy atom. The first-order valence-electron chi connectivity index (χ1n) is 4.44. The van der Waals surface area contributed by atoms with Crippen LogP contribution in [-0.2, 0) is 0 Å². The molecule has 0 aliphatic carbocycles. The van der Waals surface area contributed by atoms with E-state index in [9.17, 15) is 0 Å². The second-order valence-corrected chi connectivity index (χ2v) is 3.13. The minimum Gasteiger partial charge on any atom is -0.382 e. The number of dihydropyridines is 1. The van der Waals surface area contributed by atoms with Gasteiger partial charge in [-0.05, 0) is 19.4 Å². The monoisotopic (exact) mass is 151 g/mol. The highest BCUT2D eigenvalue weighted by molar-refractivity contribution is 5.18. The molecule has 0 aromatic heterocycles. The van der Waals surface area contributed by atoms with Crippen LogP contribution < -0.4 is 5.32 Å². The molecule has 1 atom stereocenters. The van der Waals surface area contributed by atoms with E-state index < -0.39 is 0 Å². The molecule has 1 N–H and O–H groups in total. The summed E-state index contributed by atoms with van der Waals surface area (Å²) in [6.45, 7) is 4.34. The summed E-state index contributed by atoms with van der Waals surface area (Å²) in [6, 6.07) is 0.583. The summed E-state index contributed by atoms with van der Waals surface area (Å²) in [5.74, 6) is 0. The largest absolute Gasteiger partial charge is 0.382 e. The Morgan fingerprint density at radius 1 is 1.55 bits per heavy atom. The van der Waals surface area contributed by atoms with E-state index in [1.165, 1.54) is 25.0 Å². The number of allylic oxidation sites excluding steroid dienone is 3. The summed E-state index contributed by atoms with van der Waals surface area (Å²) in [7, 11) is 0. The van der Waals surface area contributed by atoms with Crippen molar-refractivity contribution in [2.75, 3.05) is 0 Å². The van der Waals surface area contributed by atoms with Gasteiger partial charge in [-0.1, -0.05) is 31.9 Å². The average molecular weight is 151 g/mol. The minimum atomic E-state index is 0.583. The molecule has 0 aromatic carbocycles. The molecular weight excluding hydrogens is 134 g/mol. The Morgan fingerprint density at radius 3 is 3.00 bits per heavy atom. The van der Waals surface area contributed by atoms with E-state index in [4.69, 9.17) is 0 Å². The number of hydrogen-bond donors (Lipinski definition) is 1. The third kappa shape index (κ3) is 2.79. The lowest BCUT2D eigenvalue weighted by molar-refractivity contribution is 0.576. The van der Waals surface area contributed by atoms with E-state index in [1.807, 2.05) is 0 Å². The lowest BCUT2D eigenvalue weighted by atomic mass is 10.1. The van der Waals surface area contributed by atoms with E-state index in [0.717, 1.165) is 0 Å². The Bertz CT molecular complexity index is 168. The van der Waals surface area contributed by atoms with E-state index in [0.29, 0.717) is 6.04 Å². The van der Waals surface area contributed by atoms with Crippen molar-refractivity contribution in [1.29, 1.82) is 0 Å². The second-order valence-electron chi connectivity index (χ2n) is 3.13. The third-order valence-electron chi connectivity index (χ3n) is 1.97. The molecule has 1 rings (SSSR count). The molecule has 0 fully saturated rings. The summed E-state index contributed by atoms with van der Waals surface area (Å²) >= 11 is 0. The van der Waals surface area contributed by atoms with Crippen LogP contribution in [-0.4, -0.2) is 6.04 Å². The van der Waals surface area contributed by atoms with E-state index in [2.05, 4.69) is 37.4 Å². The van der Waals surface area contributed by atoms with E-state index in [-0.39, 0.29) is 0 Å². The van der Waals surface area contributed by atoms with Gasteiger partial charge in [0, 0.05) is 11.7 Å². The molecule has 0 aromatic rings. The summed E-state index contributed by atoms with van der Waals surface area (Å²) in [5, 5.41) is 3.43. The molecule has 0 bridgehead atoms. The molecule has 0 saturated heterocycles. The standard InChI is InChI=1S/C10H17N/c1-3-4-7-10-8-5-6-9(2)11-10/h5-6,8,10-11H,3-4,7H2,1-2H3. The van der Waals surface area contributed by atoms with E-state index >= 15 is 0 Å². The number of nitrogens with one attached hydrogen (secondary N) is 1. The highest BCUT2D eigenvalue weighted by atomic mass is 14.9. The highest BCUT2D eigenvalue weighted by Crippen LogP contribution is 2.07. The fourth-order valence-corrected chi connectivity index (χ4v) is 1.32. The van der Waals surface area contributed by atoms with Gasteiger partial charge in [0.1, 0.15) is 0 Å². The van der Waals surface area contributed by atoms with Crippen LogP contribution in [0.2, 0.25) is 0 Å². The van der Waals surface area contributed by atoms with Gasteiger partial charge in [-0.15, -0.1) is 0 Å². The van der Waals surface area contributed by atoms with Crippen LogP contribution in [0.1, 0.15) is 33.1 Å². The van der Waals surface area contributed by atoms with Gasteiger partial charge in [0.2, 0.25) is 0 Å². The van der Waals surface area contributed by atoms with Gasteiger partial charge in [0.05, 0.1) is 0 Å². The van der Waals surface area contributed by atoms with Crippen LogP contribution in [0.15, 0.2) is 23.9 Å². The van der Waals surface area contributed by atoms with Crippen molar-refractivity contribution in [3.05, 3.63) is 23.9 Å². The van der Waals surface area contributed by atoms with Gasteiger partial charge >= 0.3 is 0 Å². The van der Waals surface area contributed by atoms with Crippen molar-refractivity contribution in [3.63, 3.8) is 0 Å². The fourth-order valence-electron chi connectivity index (χ4n) is 1.32. The number of unbranched alkanes of at least 4 members (excludes halogenated alkanes) is 1. The van der Waals surface area contributed by atoms with Crippen LogP contribution in [0, 0.1) is 0 Å². The zero-order chi connectivity index (χ0) is 8.10. The first-order chi connectivity index (χ1) is 5.33. The first kappa shape index (κ1) is 8.38. The van der Waals surface area contributed by atoms with Gasteiger partial charge in [-0.25, -0.2) is 0 Å². The molecule has 1 nitrogen and oxygen atoms in total. The number of rotatable bonds is 3. The zero-order valence-corrected chi connectivity index (χ0v) is 7.43. The second kappa shape index (κ2) is 4.22. The molecule has 1 aliphatic heterocycles. The summed E-state index contributed by atoms with van der Waals surface area (Å²) in [6.07, 6.45) is 10.4. The maximum Gasteiger partial charge on any atom is 0.0444 e. The summed E-state index contributed by atoms with van der Waals surface area (Å²) < 4.78 is 0. The van der Waals surface area contributed by atoms with Crippen LogP contribution in [0.25, 0.3) is 0 Å². The molecule has 62 valence electrons. The molecular formula is C10H17N. The maximum absolute atomic E-state index is 3.43. The van der Waals surface area contributed by atoms with Crippen LogP contribution in [0.3, 0.4) is 0 Å². The van der Waals surface area contributed by atoms with Gasteiger partial charge < -0.3 is 5.32 Å². The van der Waals surface area contributed by atoms with Crippen LogP contribution >= 0.6 is 0 Å². The summed E-state index contributed by atoms with van der Waals surface area (Å²) in [5.41, 5.74) is 1.29. The van der Waals surface area contributed by atoms with Gasteiger partial charge in [0.15, 0.2) is 0 Å². The third-order valence-corrected chi connectivity index (χ3v) is 1.97. The Labute approximate surface area is 69.2 Å². The lowest BCUT2D eigenvalue weighted by Gasteiger charge is -2.18. The van der Waals surface area contributed by atoms with Gasteiger partial charge in [-0.2, -0.15) is 0 Å².